The predicted molar refractivity (Wildman–Crippen MR) is 76.2 cm³/mol. The Kier molecular flexibility index (Phi) is 3.72. The van der Waals surface area contributed by atoms with Gasteiger partial charge >= 0.3 is 0 Å². The van der Waals surface area contributed by atoms with Crippen LogP contribution in [0.1, 0.15) is 38.0 Å². The highest BCUT2D eigenvalue weighted by atomic mass is 35.5. The van der Waals surface area contributed by atoms with Crippen LogP contribution in [0.5, 0.6) is 0 Å². The second-order valence-corrected chi connectivity index (χ2v) is 5.85. The number of aromatic nitrogens is 3. The molecule has 20 heavy (non-hydrogen) atoms. The van der Waals surface area contributed by atoms with Crippen molar-refractivity contribution in [1.29, 1.82) is 0 Å². The molecule has 1 aliphatic carbocycles. The number of rotatable bonds is 3. The average Bonchev–Trinajstić information content (AvgIpc) is 2.87. The second-order valence-electron chi connectivity index (χ2n) is 5.45. The van der Waals surface area contributed by atoms with Crippen LogP contribution in [-0.4, -0.2) is 20.7 Å². The number of hydrogen-bond acceptors (Lipinski definition) is 5. The van der Waals surface area contributed by atoms with Crippen molar-refractivity contribution in [2.45, 2.75) is 44.1 Å². The van der Waals surface area contributed by atoms with Crippen molar-refractivity contribution in [3.8, 4) is 11.5 Å². The lowest BCUT2D eigenvalue weighted by Gasteiger charge is -2.31. The average molecular weight is 293 g/mol. The summed E-state index contributed by atoms with van der Waals surface area (Å²) < 4.78 is 5.30. The van der Waals surface area contributed by atoms with E-state index in [0.717, 1.165) is 12.8 Å². The first kappa shape index (κ1) is 13.5. The summed E-state index contributed by atoms with van der Waals surface area (Å²) in [5.41, 5.74) is 6.73. The Morgan fingerprint density at radius 3 is 2.85 bits per heavy atom. The highest BCUT2D eigenvalue weighted by Crippen LogP contribution is 2.29. The zero-order valence-corrected chi connectivity index (χ0v) is 11.9. The minimum atomic E-state index is -0.212. The third-order valence-corrected chi connectivity index (χ3v) is 4.10. The normalized spacial score (nSPS) is 18.1. The Balaban J connectivity index is 1.79. The van der Waals surface area contributed by atoms with Gasteiger partial charge in [-0.15, -0.1) is 0 Å². The van der Waals surface area contributed by atoms with Crippen LogP contribution >= 0.6 is 11.6 Å². The van der Waals surface area contributed by atoms with Crippen molar-refractivity contribution in [3.05, 3.63) is 29.2 Å². The number of hydrogen-bond donors (Lipinski definition) is 1. The molecule has 3 rings (SSSR count). The lowest BCUT2D eigenvalue weighted by molar-refractivity contribution is 0.261. The van der Waals surface area contributed by atoms with E-state index in [9.17, 15) is 0 Å². The maximum Gasteiger partial charge on any atom is 0.228 e. The predicted octanol–water partition coefficient (Wildman–Crippen LogP) is 2.99. The van der Waals surface area contributed by atoms with Gasteiger partial charge < -0.3 is 10.3 Å². The summed E-state index contributed by atoms with van der Waals surface area (Å²) in [4.78, 5) is 8.55. The topological polar surface area (TPSA) is 77.8 Å². The number of nitrogens with zero attached hydrogens (tertiary/aromatic N) is 3. The fourth-order valence-electron chi connectivity index (χ4n) is 2.71. The first-order valence-corrected chi connectivity index (χ1v) is 7.26. The maximum absolute atomic E-state index is 6.40. The lowest BCUT2D eigenvalue weighted by atomic mass is 9.80. The largest absolute Gasteiger partial charge is 0.339 e. The standard InChI is InChI=1S/C14H17ClN4O/c15-10-5-4-8-17-12(10)13-18-11(20-19-13)9-14(16)6-2-1-3-7-14/h4-5,8H,1-3,6-7,9,16H2. The second kappa shape index (κ2) is 5.50. The first-order chi connectivity index (χ1) is 9.66. The number of pyridine rings is 1. The molecular formula is C14H17ClN4O. The van der Waals surface area contributed by atoms with Crippen molar-refractivity contribution in [3.63, 3.8) is 0 Å². The molecule has 0 spiro atoms. The van der Waals surface area contributed by atoms with E-state index in [1.165, 1.54) is 19.3 Å². The third-order valence-electron chi connectivity index (χ3n) is 3.79. The fraction of sp³-hybridized carbons (Fsp3) is 0.500. The van der Waals surface area contributed by atoms with E-state index in [4.69, 9.17) is 21.9 Å². The summed E-state index contributed by atoms with van der Waals surface area (Å²) in [5.74, 6) is 0.983. The van der Waals surface area contributed by atoms with Crippen LogP contribution in [0.4, 0.5) is 0 Å². The van der Waals surface area contributed by atoms with Gasteiger partial charge in [0.1, 0.15) is 5.69 Å². The summed E-state index contributed by atoms with van der Waals surface area (Å²) >= 11 is 6.08. The monoisotopic (exact) mass is 292 g/mol. The van der Waals surface area contributed by atoms with E-state index in [-0.39, 0.29) is 5.54 Å². The van der Waals surface area contributed by atoms with Gasteiger partial charge in [-0.05, 0) is 25.0 Å². The molecule has 0 bridgehead atoms. The van der Waals surface area contributed by atoms with Crippen LogP contribution < -0.4 is 5.73 Å². The molecule has 0 saturated heterocycles. The van der Waals surface area contributed by atoms with E-state index in [1.54, 1.807) is 18.3 Å². The molecular weight excluding hydrogens is 276 g/mol. The van der Waals surface area contributed by atoms with Crippen molar-refractivity contribution in [1.82, 2.24) is 15.1 Å². The molecule has 6 heteroatoms. The van der Waals surface area contributed by atoms with Gasteiger partial charge in [0.25, 0.3) is 0 Å². The molecule has 2 N–H and O–H groups in total. The summed E-state index contributed by atoms with van der Waals surface area (Å²) in [6, 6.07) is 3.52. The van der Waals surface area contributed by atoms with E-state index < -0.39 is 0 Å². The van der Waals surface area contributed by atoms with Crippen molar-refractivity contribution in [2.75, 3.05) is 0 Å². The molecule has 2 aromatic rings. The molecule has 0 aromatic carbocycles. The van der Waals surface area contributed by atoms with Crippen LogP contribution in [0.15, 0.2) is 22.9 Å². The maximum atomic E-state index is 6.40. The van der Waals surface area contributed by atoms with Gasteiger partial charge in [-0.3, -0.25) is 4.98 Å². The van der Waals surface area contributed by atoms with Crippen molar-refractivity contribution in [2.24, 2.45) is 5.73 Å². The molecule has 0 aliphatic heterocycles. The van der Waals surface area contributed by atoms with Crippen LogP contribution in [0.2, 0.25) is 5.02 Å². The highest BCUT2D eigenvalue weighted by molar-refractivity contribution is 6.32. The molecule has 106 valence electrons. The smallest absolute Gasteiger partial charge is 0.228 e. The molecule has 0 atom stereocenters. The third kappa shape index (κ3) is 2.83. The molecule has 1 saturated carbocycles. The molecule has 2 aromatic heterocycles. The first-order valence-electron chi connectivity index (χ1n) is 6.89. The minimum absolute atomic E-state index is 0.212. The highest BCUT2D eigenvalue weighted by Gasteiger charge is 2.30. The minimum Gasteiger partial charge on any atom is -0.339 e. The van der Waals surface area contributed by atoms with E-state index in [0.29, 0.717) is 28.9 Å². The molecule has 2 heterocycles. The van der Waals surface area contributed by atoms with Gasteiger partial charge in [0.2, 0.25) is 11.7 Å². The Hall–Kier alpha value is -1.46. The molecule has 0 amide bonds. The van der Waals surface area contributed by atoms with Crippen LogP contribution in [0.3, 0.4) is 0 Å². The Labute approximate surface area is 122 Å². The van der Waals surface area contributed by atoms with Crippen LogP contribution in [0, 0.1) is 0 Å². The van der Waals surface area contributed by atoms with Crippen LogP contribution in [0.25, 0.3) is 11.5 Å². The van der Waals surface area contributed by atoms with Gasteiger partial charge in [0.15, 0.2) is 0 Å². The summed E-state index contributed by atoms with van der Waals surface area (Å²) in [6.07, 6.45) is 7.89. The van der Waals surface area contributed by atoms with E-state index in [1.807, 2.05) is 0 Å². The fourth-order valence-corrected chi connectivity index (χ4v) is 2.91. The molecule has 5 nitrogen and oxygen atoms in total. The lowest BCUT2D eigenvalue weighted by Crippen LogP contribution is -2.43. The molecule has 0 unspecified atom stereocenters. The van der Waals surface area contributed by atoms with Gasteiger partial charge in [-0.2, -0.15) is 4.98 Å². The van der Waals surface area contributed by atoms with Crippen molar-refractivity contribution < 1.29 is 4.52 Å². The Morgan fingerprint density at radius 1 is 1.30 bits per heavy atom. The molecule has 1 fully saturated rings. The SMILES string of the molecule is NC1(Cc2nc(-c3ncccc3Cl)no2)CCCCC1. The molecule has 1 aliphatic rings. The summed E-state index contributed by atoms with van der Waals surface area (Å²) in [5, 5.41) is 4.47. The zero-order chi connectivity index (χ0) is 14.0. The van der Waals surface area contributed by atoms with E-state index in [2.05, 4.69) is 15.1 Å². The zero-order valence-electron chi connectivity index (χ0n) is 11.2. The Morgan fingerprint density at radius 2 is 2.10 bits per heavy atom. The van der Waals surface area contributed by atoms with Gasteiger partial charge in [0, 0.05) is 18.2 Å². The van der Waals surface area contributed by atoms with E-state index >= 15 is 0 Å². The Bertz CT molecular complexity index is 592. The quantitative estimate of drug-likeness (QED) is 0.941. The van der Waals surface area contributed by atoms with Gasteiger partial charge in [-0.25, -0.2) is 0 Å². The van der Waals surface area contributed by atoms with Crippen LogP contribution in [-0.2, 0) is 6.42 Å². The number of nitrogens with two attached hydrogens (primary N) is 1. The van der Waals surface area contributed by atoms with Gasteiger partial charge in [-0.1, -0.05) is 36.0 Å². The molecule has 0 radical (unpaired) electrons. The summed E-state index contributed by atoms with van der Waals surface area (Å²) in [7, 11) is 0. The summed E-state index contributed by atoms with van der Waals surface area (Å²) in [6.45, 7) is 0. The number of halogens is 1. The van der Waals surface area contributed by atoms with Gasteiger partial charge in [0.05, 0.1) is 5.02 Å². The van der Waals surface area contributed by atoms with Crippen molar-refractivity contribution >= 4 is 11.6 Å².